The van der Waals surface area contributed by atoms with E-state index in [2.05, 4.69) is 314 Å². The van der Waals surface area contributed by atoms with E-state index in [-0.39, 0.29) is 0 Å². The molecule has 0 N–H and O–H groups in total. The molecule has 0 unspecified atom stereocenters. The molecule has 1 heteroatoms. The minimum absolute atomic E-state index is 1.07. The summed E-state index contributed by atoms with van der Waals surface area (Å²) < 4.78 is 0. The third kappa shape index (κ3) is 8.77. The summed E-state index contributed by atoms with van der Waals surface area (Å²) >= 11 is 0. The summed E-state index contributed by atoms with van der Waals surface area (Å²) in [7, 11) is 0. The minimum atomic E-state index is 1.07. The Morgan fingerprint density at radius 2 is 0.507 bits per heavy atom. The van der Waals surface area contributed by atoms with Crippen molar-refractivity contribution < 1.29 is 0 Å². The van der Waals surface area contributed by atoms with E-state index < -0.39 is 0 Å². The van der Waals surface area contributed by atoms with Gasteiger partial charge in [-0.15, -0.1) is 0 Å². The molecule has 0 atom stereocenters. The molecule has 13 aromatic rings. The van der Waals surface area contributed by atoms with Crippen molar-refractivity contribution in [3.8, 4) is 89.0 Å². The summed E-state index contributed by atoms with van der Waals surface area (Å²) in [5.41, 5.74) is 22.3. The summed E-state index contributed by atoms with van der Waals surface area (Å²) in [6.45, 7) is 0. The van der Waals surface area contributed by atoms with Crippen molar-refractivity contribution in [2.75, 3.05) is 4.90 Å². The smallest absolute Gasteiger partial charge is 0.0473 e. The molecule has 0 spiro atoms. The average molecular weight is 954 g/mol. The molecule has 13 rings (SSSR count). The number of hydrogen-bond donors (Lipinski definition) is 0. The van der Waals surface area contributed by atoms with E-state index in [1.165, 1.54) is 88.3 Å². The average Bonchev–Trinajstić information content (AvgIpc) is 3.51. The standard InChI is InChI=1S/C74H51N/c1-7-22-52(23-8-1)61-48-62(53-24-9-2-10-25-53)50-65(49-61)75(64-45-40-56(41-46-64)67-37-21-36-66(55-26-11-3-12-27-55)72(67)57-28-13-4-14-29-57)63-43-38-54(39-44-63)60-42-47-70-71(51-60)68-34-19-20-35-69(68)73(58-30-15-5-16-31-58)74(70)59-32-17-6-18-33-59/h1-51H. The molecule has 0 aliphatic rings. The van der Waals surface area contributed by atoms with Crippen LogP contribution in [0.25, 0.3) is 111 Å². The Balaban J connectivity index is 0.959. The van der Waals surface area contributed by atoms with Gasteiger partial charge in [0.25, 0.3) is 0 Å². The number of benzene rings is 13. The van der Waals surface area contributed by atoms with Crippen LogP contribution < -0.4 is 4.90 Å². The first-order chi connectivity index (χ1) is 37.2. The number of hydrogen-bond acceptors (Lipinski definition) is 1. The third-order valence-electron chi connectivity index (χ3n) is 14.6. The first-order valence-corrected chi connectivity index (χ1v) is 25.8. The van der Waals surface area contributed by atoms with Gasteiger partial charge in [-0.3, -0.25) is 0 Å². The molecule has 0 fully saturated rings. The molecule has 0 radical (unpaired) electrons. The van der Waals surface area contributed by atoms with Gasteiger partial charge in [0.2, 0.25) is 0 Å². The molecule has 352 valence electrons. The maximum absolute atomic E-state index is 2.41. The first-order valence-electron chi connectivity index (χ1n) is 25.8. The van der Waals surface area contributed by atoms with Crippen LogP contribution >= 0.6 is 0 Å². The summed E-state index contributed by atoms with van der Waals surface area (Å²) in [6.07, 6.45) is 0. The molecule has 0 bridgehead atoms. The first kappa shape index (κ1) is 45.1. The molecule has 1 nitrogen and oxygen atoms in total. The molecule has 0 aromatic heterocycles. The van der Waals surface area contributed by atoms with Gasteiger partial charge in [-0.2, -0.15) is 0 Å². The van der Waals surface area contributed by atoms with E-state index in [0.29, 0.717) is 0 Å². The third-order valence-corrected chi connectivity index (χ3v) is 14.6. The van der Waals surface area contributed by atoms with Gasteiger partial charge in [-0.05, 0) is 159 Å². The molecule has 0 aliphatic heterocycles. The lowest BCUT2D eigenvalue weighted by Gasteiger charge is -2.27. The van der Waals surface area contributed by atoms with Crippen LogP contribution in [0.5, 0.6) is 0 Å². The largest absolute Gasteiger partial charge is 0.310 e. The van der Waals surface area contributed by atoms with E-state index in [1.54, 1.807) is 0 Å². The second-order valence-corrected chi connectivity index (χ2v) is 19.2. The Morgan fingerprint density at radius 1 is 0.160 bits per heavy atom. The maximum Gasteiger partial charge on any atom is 0.0473 e. The fourth-order valence-corrected chi connectivity index (χ4v) is 11.1. The van der Waals surface area contributed by atoms with Crippen molar-refractivity contribution >= 4 is 38.6 Å². The van der Waals surface area contributed by atoms with Crippen LogP contribution in [0.4, 0.5) is 17.1 Å². The molecular formula is C74H51N. The summed E-state index contributed by atoms with van der Waals surface area (Å²) in [4.78, 5) is 2.41. The minimum Gasteiger partial charge on any atom is -0.310 e. The second-order valence-electron chi connectivity index (χ2n) is 19.2. The number of anilines is 3. The SMILES string of the molecule is c1ccc(-c2cc(-c3ccccc3)cc(N(c3ccc(-c4ccc5c(-c6ccccc6)c(-c6ccccc6)c6ccccc6c5c4)cc3)c3ccc(-c4cccc(-c5ccccc5)c4-c4ccccc4)cc3)c2)cc1. The van der Waals surface area contributed by atoms with Crippen molar-refractivity contribution in [2.45, 2.75) is 0 Å². The van der Waals surface area contributed by atoms with Crippen LogP contribution in [0.2, 0.25) is 0 Å². The van der Waals surface area contributed by atoms with Gasteiger partial charge in [0, 0.05) is 17.1 Å². The number of fused-ring (bicyclic) bond motifs is 3. The quantitative estimate of drug-likeness (QED) is 0.117. The maximum atomic E-state index is 2.41. The zero-order chi connectivity index (χ0) is 49.9. The lowest BCUT2D eigenvalue weighted by Crippen LogP contribution is -2.10. The van der Waals surface area contributed by atoms with Gasteiger partial charge < -0.3 is 4.90 Å². The predicted molar refractivity (Wildman–Crippen MR) is 320 cm³/mol. The lowest BCUT2D eigenvalue weighted by atomic mass is 9.84. The fourth-order valence-electron chi connectivity index (χ4n) is 11.1. The van der Waals surface area contributed by atoms with E-state index in [4.69, 9.17) is 0 Å². The highest BCUT2D eigenvalue weighted by molar-refractivity contribution is 6.22. The Hall–Kier alpha value is -9.82. The fraction of sp³-hybridized carbons (Fsp3) is 0. The van der Waals surface area contributed by atoms with Gasteiger partial charge in [-0.25, -0.2) is 0 Å². The molecule has 0 heterocycles. The predicted octanol–water partition coefficient (Wildman–Crippen LogP) is 20.8. The summed E-state index contributed by atoms with van der Waals surface area (Å²) in [5, 5.41) is 4.97. The van der Waals surface area contributed by atoms with E-state index >= 15 is 0 Å². The normalized spacial score (nSPS) is 11.2. The van der Waals surface area contributed by atoms with Crippen molar-refractivity contribution in [2.24, 2.45) is 0 Å². The molecule has 13 aromatic carbocycles. The highest BCUT2D eigenvalue weighted by atomic mass is 15.1. The Kier molecular flexibility index (Phi) is 12.0. The monoisotopic (exact) mass is 953 g/mol. The van der Waals surface area contributed by atoms with Gasteiger partial charge in [-0.1, -0.05) is 261 Å². The Bertz CT molecular complexity index is 4040. The molecule has 0 aliphatic carbocycles. The van der Waals surface area contributed by atoms with Crippen LogP contribution in [-0.2, 0) is 0 Å². The highest BCUT2D eigenvalue weighted by Gasteiger charge is 2.21. The summed E-state index contributed by atoms with van der Waals surface area (Å²) in [6, 6.07) is 113. The molecule has 0 saturated carbocycles. The van der Waals surface area contributed by atoms with Gasteiger partial charge in [0.15, 0.2) is 0 Å². The van der Waals surface area contributed by atoms with Crippen LogP contribution in [0.15, 0.2) is 309 Å². The second kappa shape index (κ2) is 20.0. The van der Waals surface area contributed by atoms with Crippen molar-refractivity contribution in [3.05, 3.63) is 309 Å². The van der Waals surface area contributed by atoms with E-state index in [9.17, 15) is 0 Å². The van der Waals surface area contributed by atoms with Crippen LogP contribution in [0, 0.1) is 0 Å². The zero-order valence-electron chi connectivity index (χ0n) is 41.4. The molecular weight excluding hydrogens is 903 g/mol. The lowest BCUT2D eigenvalue weighted by molar-refractivity contribution is 1.28. The number of nitrogens with zero attached hydrogens (tertiary/aromatic N) is 1. The number of rotatable bonds is 11. The molecule has 75 heavy (non-hydrogen) atoms. The summed E-state index contributed by atoms with van der Waals surface area (Å²) in [5.74, 6) is 0. The van der Waals surface area contributed by atoms with E-state index in [0.717, 1.165) is 39.3 Å². The van der Waals surface area contributed by atoms with Crippen LogP contribution in [-0.4, -0.2) is 0 Å². The van der Waals surface area contributed by atoms with Crippen molar-refractivity contribution in [3.63, 3.8) is 0 Å². The van der Waals surface area contributed by atoms with E-state index in [1.807, 2.05) is 0 Å². The Morgan fingerprint density at radius 3 is 0.987 bits per heavy atom. The van der Waals surface area contributed by atoms with Gasteiger partial charge in [0.1, 0.15) is 0 Å². The van der Waals surface area contributed by atoms with Crippen molar-refractivity contribution in [1.29, 1.82) is 0 Å². The molecule has 0 amide bonds. The van der Waals surface area contributed by atoms with Crippen molar-refractivity contribution in [1.82, 2.24) is 0 Å². The van der Waals surface area contributed by atoms with Crippen LogP contribution in [0.1, 0.15) is 0 Å². The molecule has 0 saturated heterocycles. The van der Waals surface area contributed by atoms with Gasteiger partial charge >= 0.3 is 0 Å². The van der Waals surface area contributed by atoms with Crippen LogP contribution in [0.3, 0.4) is 0 Å². The van der Waals surface area contributed by atoms with Gasteiger partial charge in [0.05, 0.1) is 0 Å². The Labute approximate surface area is 439 Å². The zero-order valence-corrected chi connectivity index (χ0v) is 41.4. The highest BCUT2D eigenvalue weighted by Crippen LogP contribution is 2.47. The topological polar surface area (TPSA) is 3.24 Å².